The molecule has 1 heterocycles. The molecular formula is C15H19N5. The number of aromatic nitrogens is 2. The van der Waals surface area contributed by atoms with E-state index in [1.54, 1.807) is 6.20 Å². The van der Waals surface area contributed by atoms with Gasteiger partial charge in [0.15, 0.2) is 5.96 Å². The number of nitrogens with zero attached hydrogens (tertiary/aromatic N) is 3. The van der Waals surface area contributed by atoms with E-state index in [0.29, 0.717) is 18.5 Å². The maximum atomic E-state index is 5.84. The Morgan fingerprint density at radius 1 is 1.40 bits per heavy atom. The smallest absolute Gasteiger partial charge is 0.189 e. The zero-order valence-corrected chi connectivity index (χ0v) is 11.4. The molecule has 1 aliphatic rings. The largest absolute Gasteiger partial charge is 0.370 e. The van der Waals surface area contributed by atoms with Gasteiger partial charge in [0, 0.05) is 25.0 Å². The van der Waals surface area contributed by atoms with Gasteiger partial charge in [0.2, 0.25) is 0 Å². The molecule has 0 bridgehead atoms. The lowest BCUT2D eigenvalue weighted by Crippen LogP contribution is -2.33. The minimum Gasteiger partial charge on any atom is -0.370 e. The lowest BCUT2D eigenvalue weighted by molar-refractivity contribution is 0.795. The Labute approximate surface area is 118 Å². The highest BCUT2D eigenvalue weighted by Gasteiger charge is 2.21. The highest BCUT2D eigenvalue weighted by Crippen LogP contribution is 2.18. The van der Waals surface area contributed by atoms with Crippen LogP contribution < -0.4 is 11.1 Å². The zero-order valence-electron chi connectivity index (χ0n) is 11.4. The molecule has 3 N–H and O–H groups in total. The molecule has 20 heavy (non-hydrogen) atoms. The number of hydrogen-bond donors (Lipinski definition) is 2. The van der Waals surface area contributed by atoms with E-state index < -0.39 is 0 Å². The monoisotopic (exact) mass is 269 g/mol. The fraction of sp³-hybridized carbons (Fsp3) is 0.333. The standard InChI is InChI=1S/C15H19N5/c16-15(19-14-4-5-14)18-9-12-2-1-3-13(8-12)10-20-7-6-17-11-20/h1-3,6-8,11,14H,4-5,9-10H2,(H3,16,18,19). The van der Waals surface area contributed by atoms with Gasteiger partial charge in [0.1, 0.15) is 0 Å². The second kappa shape index (κ2) is 5.77. The van der Waals surface area contributed by atoms with Crippen molar-refractivity contribution in [3.8, 4) is 0 Å². The van der Waals surface area contributed by atoms with Crippen molar-refractivity contribution >= 4 is 5.96 Å². The summed E-state index contributed by atoms with van der Waals surface area (Å²) in [5.74, 6) is 0.549. The third-order valence-corrected chi connectivity index (χ3v) is 3.28. The van der Waals surface area contributed by atoms with Crippen molar-refractivity contribution in [3.05, 3.63) is 54.1 Å². The van der Waals surface area contributed by atoms with Crippen LogP contribution in [0.4, 0.5) is 0 Å². The summed E-state index contributed by atoms with van der Waals surface area (Å²) in [5, 5.41) is 3.19. The minimum atomic E-state index is 0.548. The number of aliphatic imine (C=N–C) groups is 1. The molecule has 1 aliphatic carbocycles. The van der Waals surface area contributed by atoms with Gasteiger partial charge in [-0.25, -0.2) is 9.98 Å². The molecule has 0 saturated heterocycles. The molecule has 3 rings (SSSR count). The van der Waals surface area contributed by atoms with Crippen LogP contribution in [0.1, 0.15) is 24.0 Å². The van der Waals surface area contributed by atoms with Crippen LogP contribution in [0.15, 0.2) is 48.0 Å². The van der Waals surface area contributed by atoms with Crippen LogP contribution in [0.25, 0.3) is 0 Å². The van der Waals surface area contributed by atoms with Gasteiger partial charge in [-0.3, -0.25) is 0 Å². The highest BCUT2D eigenvalue weighted by molar-refractivity contribution is 5.78. The van der Waals surface area contributed by atoms with E-state index in [4.69, 9.17) is 5.73 Å². The number of guanidine groups is 1. The highest BCUT2D eigenvalue weighted by atomic mass is 15.1. The Morgan fingerprint density at radius 2 is 2.25 bits per heavy atom. The van der Waals surface area contributed by atoms with E-state index in [1.165, 1.54) is 24.0 Å². The molecule has 1 aromatic carbocycles. The third kappa shape index (κ3) is 3.60. The van der Waals surface area contributed by atoms with Crippen molar-refractivity contribution in [2.45, 2.75) is 32.0 Å². The van der Waals surface area contributed by atoms with Crippen LogP contribution >= 0.6 is 0 Å². The summed E-state index contributed by atoms with van der Waals surface area (Å²) < 4.78 is 2.05. The summed E-state index contributed by atoms with van der Waals surface area (Å²) in [6.07, 6.45) is 7.98. The molecule has 1 saturated carbocycles. The van der Waals surface area contributed by atoms with Crippen molar-refractivity contribution in [2.75, 3.05) is 0 Å². The van der Waals surface area contributed by atoms with Crippen LogP contribution in [0.2, 0.25) is 0 Å². The van der Waals surface area contributed by atoms with Gasteiger partial charge in [-0.1, -0.05) is 24.3 Å². The fourth-order valence-electron chi connectivity index (χ4n) is 2.08. The lowest BCUT2D eigenvalue weighted by Gasteiger charge is -2.06. The topological polar surface area (TPSA) is 68.2 Å². The maximum absolute atomic E-state index is 5.84. The van der Waals surface area contributed by atoms with Crippen molar-refractivity contribution < 1.29 is 0 Å². The minimum absolute atomic E-state index is 0.548. The molecule has 1 aromatic heterocycles. The predicted octanol–water partition coefficient (Wildman–Crippen LogP) is 1.50. The Bertz CT molecular complexity index is 584. The van der Waals surface area contributed by atoms with Gasteiger partial charge < -0.3 is 15.6 Å². The van der Waals surface area contributed by atoms with Gasteiger partial charge >= 0.3 is 0 Å². The molecule has 0 amide bonds. The molecule has 2 aromatic rings. The third-order valence-electron chi connectivity index (χ3n) is 3.28. The van der Waals surface area contributed by atoms with Crippen LogP contribution in [0.3, 0.4) is 0 Å². The lowest BCUT2D eigenvalue weighted by atomic mass is 10.1. The van der Waals surface area contributed by atoms with E-state index in [-0.39, 0.29) is 0 Å². The van der Waals surface area contributed by atoms with Crippen LogP contribution in [-0.2, 0) is 13.1 Å². The van der Waals surface area contributed by atoms with Crippen LogP contribution in [0, 0.1) is 0 Å². The first-order chi connectivity index (χ1) is 9.79. The SMILES string of the molecule is NC(=NCc1cccc(Cn2ccnc2)c1)NC1CC1. The summed E-state index contributed by atoms with van der Waals surface area (Å²) in [6.45, 7) is 1.44. The van der Waals surface area contributed by atoms with Crippen molar-refractivity contribution in [2.24, 2.45) is 10.7 Å². The second-order valence-corrected chi connectivity index (χ2v) is 5.18. The Balaban J connectivity index is 1.61. The van der Waals surface area contributed by atoms with Crippen molar-refractivity contribution in [1.29, 1.82) is 0 Å². The summed E-state index contributed by atoms with van der Waals surface area (Å²) >= 11 is 0. The summed E-state index contributed by atoms with van der Waals surface area (Å²) in [6, 6.07) is 8.95. The van der Waals surface area contributed by atoms with Crippen molar-refractivity contribution in [1.82, 2.24) is 14.9 Å². The molecule has 5 heteroatoms. The Kier molecular flexibility index (Phi) is 3.67. The predicted molar refractivity (Wildman–Crippen MR) is 79.3 cm³/mol. The quantitative estimate of drug-likeness (QED) is 0.638. The van der Waals surface area contributed by atoms with Crippen LogP contribution in [-0.4, -0.2) is 21.6 Å². The number of rotatable bonds is 5. The molecule has 0 unspecified atom stereocenters. The van der Waals surface area contributed by atoms with E-state index in [9.17, 15) is 0 Å². The van der Waals surface area contributed by atoms with E-state index in [0.717, 1.165) is 6.54 Å². The molecule has 104 valence electrons. The first-order valence-electron chi connectivity index (χ1n) is 6.89. The average Bonchev–Trinajstić information content (AvgIpc) is 3.11. The van der Waals surface area contributed by atoms with Gasteiger partial charge in [-0.05, 0) is 24.0 Å². The molecule has 0 atom stereocenters. The van der Waals surface area contributed by atoms with Gasteiger partial charge in [0.05, 0.1) is 12.9 Å². The fourth-order valence-corrected chi connectivity index (χ4v) is 2.08. The number of nitrogens with two attached hydrogens (primary N) is 1. The van der Waals surface area contributed by atoms with E-state index >= 15 is 0 Å². The first-order valence-corrected chi connectivity index (χ1v) is 6.89. The Hall–Kier alpha value is -2.30. The summed E-state index contributed by atoms with van der Waals surface area (Å²) in [4.78, 5) is 8.43. The summed E-state index contributed by atoms with van der Waals surface area (Å²) in [5.41, 5.74) is 8.25. The number of imidazole rings is 1. The summed E-state index contributed by atoms with van der Waals surface area (Å²) in [7, 11) is 0. The van der Waals surface area contributed by atoms with Crippen LogP contribution in [0.5, 0.6) is 0 Å². The number of nitrogens with one attached hydrogen (secondary N) is 1. The van der Waals surface area contributed by atoms with Gasteiger partial charge in [0.25, 0.3) is 0 Å². The molecule has 0 aliphatic heterocycles. The first kappa shape index (κ1) is 12.7. The molecule has 0 spiro atoms. The van der Waals surface area contributed by atoms with Gasteiger partial charge in [-0.15, -0.1) is 0 Å². The Morgan fingerprint density at radius 3 is 3.00 bits per heavy atom. The normalized spacial score (nSPS) is 15.3. The molecular weight excluding hydrogens is 250 g/mol. The van der Waals surface area contributed by atoms with Gasteiger partial charge in [-0.2, -0.15) is 0 Å². The second-order valence-electron chi connectivity index (χ2n) is 5.18. The molecule has 5 nitrogen and oxygen atoms in total. The molecule has 1 fully saturated rings. The number of hydrogen-bond acceptors (Lipinski definition) is 2. The average molecular weight is 269 g/mol. The number of benzene rings is 1. The van der Waals surface area contributed by atoms with Crippen molar-refractivity contribution in [3.63, 3.8) is 0 Å². The molecule has 0 radical (unpaired) electrons. The van der Waals surface area contributed by atoms with E-state index in [1.807, 2.05) is 17.1 Å². The maximum Gasteiger partial charge on any atom is 0.189 e. The zero-order chi connectivity index (χ0) is 13.8. The van der Waals surface area contributed by atoms with E-state index in [2.05, 4.69) is 39.6 Å².